The minimum atomic E-state index is -0.174. The van der Waals surface area contributed by atoms with Crippen LogP contribution in [0.1, 0.15) is 30.0 Å². The van der Waals surface area contributed by atoms with E-state index >= 15 is 0 Å². The average Bonchev–Trinajstić information content (AvgIpc) is 2.59. The molecule has 1 aromatic heterocycles. The van der Waals surface area contributed by atoms with Crippen LogP contribution in [0, 0.1) is 6.92 Å². The number of nitrogens with zero attached hydrogens (tertiary/aromatic N) is 1. The minimum absolute atomic E-state index is 0.0510. The summed E-state index contributed by atoms with van der Waals surface area (Å²) >= 11 is 1.65. The smallest absolute Gasteiger partial charge is 0.234 e. The Bertz CT molecular complexity index is 384. The molecular weight excluding hydrogens is 222 g/mol. The van der Waals surface area contributed by atoms with Gasteiger partial charge in [-0.2, -0.15) is 0 Å². The summed E-state index contributed by atoms with van der Waals surface area (Å²) in [4.78, 5) is 16.1. The summed E-state index contributed by atoms with van der Waals surface area (Å²) < 4.78 is 0. The van der Waals surface area contributed by atoms with Gasteiger partial charge in [-0.1, -0.05) is 0 Å². The van der Waals surface area contributed by atoms with Crippen molar-refractivity contribution in [1.29, 1.82) is 0 Å². The fourth-order valence-electron chi connectivity index (χ4n) is 1.97. The molecule has 1 saturated carbocycles. The second kappa shape index (κ2) is 4.51. The Balaban J connectivity index is 2.11. The monoisotopic (exact) mass is 239 g/mol. The topological polar surface area (TPSA) is 54.0 Å². The van der Waals surface area contributed by atoms with Crippen molar-refractivity contribution in [3.8, 4) is 0 Å². The summed E-state index contributed by atoms with van der Waals surface area (Å²) in [6.07, 6.45) is 3.18. The Kier molecular flexibility index (Phi) is 3.25. The van der Waals surface area contributed by atoms with E-state index in [1.54, 1.807) is 18.4 Å². The molecule has 0 unspecified atom stereocenters. The van der Waals surface area contributed by atoms with Crippen molar-refractivity contribution >= 4 is 17.2 Å². The molecule has 0 atom stereocenters. The van der Waals surface area contributed by atoms with Crippen LogP contribution in [-0.2, 0) is 10.3 Å². The number of amides is 1. The Hall–Kier alpha value is -0.940. The van der Waals surface area contributed by atoms with Crippen molar-refractivity contribution in [3.05, 3.63) is 16.1 Å². The van der Waals surface area contributed by atoms with E-state index in [1.165, 1.54) is 6.42 Å². The first kappa shape index (κ1) is 11.5. The van der Waals surface area contributed by atoms with E-state index in [0.29, 0.717) is 6.54 Å². The molecule has 2 N–H and O–H groups in total. The van der Waals surface area contributed by atoms with Crippen LogP contribution in [0.4, 0.5) is 0 Å². The molecule has 0 spiro atoms. The molecule has 1 fully saturated rings. The summed E-state index contributed by atoms with van der Waals surface area (Å²) in [6.45, 7) is 2.36. The third-order valence-electron chi connectivity index (χ3n) is 2.95. The summed E-state index contributed by atoms with van der Waals surface area (Å²) in [5, 5.41) is 9.07. The molecule has 1 heterocycles. The number of thiazole rings is 1. The zero-order valence-electron chi connectivity index (χ0n) is 9.67. The zero-order chi connectivity index (χ0) is 11.6. The summed E-state index contributed by atoms with van der Waals surface area (Å²) in [6, 6.07) is 0. The van der Waals surface area contributed by atoms with Gasteiger partial charge in [0, 0.05) is 11.1 Å². The minimum Gasteiger partial charge on any atom is -0.343 e. The number of aryl methyl sites for hydroxylation is 1. The lowest BCUT2D eigenvalue weighted by Crippen LogP contribution is -2.52. The fourth-order valence-corrected chi connectivity index (χ4v) is 2.98. The number of carbonyl (C=O) groups excluding carboxylic acids is 1. The maximum absolute atomic E-state index is 11.6. The SMILES string of the molecule is CNCC(=O)NC1(c2nc(C)cs2)CCC1. The molecule has 2 rings (SSSR count). The van der Waals surface area contributed by atoms with Crippen molar-refractivity contribution < 1.29 is 4.79 Å². The highest BCUT2D eigenvalue weighted by molar-refractivity contribution is 7.09. The predicted octanol–water partition coefficient (Wildman–Crippen LogP) is 1.17. The van der Waals surface area contributed by atoms with Crippen LogP contribution in [0.15, 0.2) is 5.38 Å². The fraction of sp³-hybridized carbons (Fsp3) is 0.636. The van der Waals surface area contributed by atoms with E-state index in [0.717, 1.165) is 23.5 Å². The number of carbonyl (C=O) groups is 1. The number of aromatic nitrogens is 1. The van der Waals surface area contributed by atoms with Gasteiger partial charge in [0.15, 0.2) is 0 Å². The first-order valence-electron chi connectivity index (χ1n) is 5.54. The molecular formula is C11H17N3OS. The maximum Gasteiger partial charge on any atom is 0.234 e. The molecule has 5 heteroatoms. The van der Waals surface area contributed by atoms with Crippen molar-refractivity contribution in [2.75, 3.05) is 13.6 Å². The molecule has 0 saturated heterocycles. The molecule has 4 nitrogen and oxygen atoms in total. The number of rotatable bonds is 4. The zero-order valence-corrected chi connectivity index (χ0v) is 10.5. The molecule has 1 aliphatic rings. The Morgan fingerprint density at radius 3 is 2.81 bits per heavy atom. The number of hydrogen-bond donors (Lipinski definition) is 2. The van der Waals surface area contributed by atoms with E-state index in [-0.39, 0.29) is 11.4 Å². The third-order valence-corrected chi connectivity index (χ3v) is 4.12. The summed E-state index contributed by atoms with van der Waals surface area (Å²) in [5.41, 5.74) is 0.862. The third kappa shape index (κ3) is 2.10. The molecule has 1 amide bonds. The Morgan fingerprint density at radius 2 is 2.38 bits per heavy atom. The van der Waals surface area contributed by atoms with Crippen molar-refractivity contribution in [3.63, 3.8) is 0 Å². The highest BCUT2D eigenvalue weighted by Gasteiger charge is 2.42. The van der Waals surface area contributed by atoms with E-state index in [1.807, 2.05) is 12.3 Å². The maximum atomic E-state index is 11.6. The van der Waals surface area contributed by atoms with E-state index in [2.05, 4.69) is 15.6 Å². The van der Waals surface area contributed by atoms with Gasteiger partial charge in [0.25, 0.3) is 0 Å². The van der Waals surface area contributed by atoms with Crippen LogP contribution in [0.2, 0.25) is 0 Å². The molecule has 0 bridgehead atoms. The van der Waals surface area contributed by atoms with Crippen LogP contribution in [-0.4, -0.2) is 24.5 Å². The normalized spacial score (nSPS) is 17.9. The summed E-state index contributed by atoms with van der Waals surface area (Å²) in [7, 11) is 1.78. The van der Waals surface area contributed by atoms with Crippen molar-refractivity contribution in [1.82, 2.24) is 15.6 Å². The molecule has 0 aromatic carbocycles. The molecule has 1 aliphatic carbocycles. The van der Waals surface area contributed by atoms with Gasteiger partial charge in [-0.25, -0.2) is 4.98 Å². The van der Waals surface area contributed by atoms with Gasteiger partial charge >= 0.3 is 0 Å². The largest absolute Gasteiger partial charge is 0.343 e. The van der Waals surface area contributed by atoms with Crippen molar-refractivity contribution in [2.24, 2.45) is 0 Å². The van der Waals surface area contributed by atoms with Gasteiger partial charge in [0.05, 0.1) is 12.1 Å². The van der Waals surface area contributed by atoms with Crippen LogP contribution >= 0.6 is 11.3 Å². The lowest BCUT2D eigenvalue weighted by atomic mass is 9.77. The van der Waals surface area contributed by atoms with Crippen molar-refractivity contribution in [2.45, 2.75) is 31.7 Å². The number of hydrogen-bond acceptors (Lipinski definition) is 4. The van der Waals surface area contributed by atoms with E-state index < -0.39 is 0 Å². The second-order valence-electron chi connectivity index (χ2n) is 4.31. The molecule has 1 aromatic rings. The highest BCUT2D eigenvalue weighted by atomic mass is 32.1. The standard InChI is InChI=1S/C11H17N3OS/c1-8-7-16-10(13-8)11(4-3-5-11)14-9(15)6-12-2/h7,12H,3-6H2,1-2H3,(H,14,15). The molecule has 16 heavy (non-hydrogen) atoms. The number of nitrogens with one attached hydrogen (secondary N) is 2. The second-order valence-corrected chi connectivity index (χ2v) is 5.17. The first-order valence-corrected chi connectivity index (χ1v) is 6.42. The van der Waals surface area contributed by atoms with Crippen LogP contribution in [0.3, 0.4) is 0 Å². The molecule has 0 radical (unpaired) electrons. The predicted molar refractivity (Wildman–Crippen MR) is 64.4 cm³/mol. The first-order chi connectivity index (χ1) is 7.66. The van der Waals surface area contributed by atoms with Gasteiger partial charge in [-0.3, -0.25) is 4.79 Å². The van der Waals surface area contributed by atoms with E-state index in [4.69, 9.17) is 0 Å². The number of likely N-dealkylation sites (N-methyl/N-ethyl adjacent to an activating group) is 1. The lowest BCUT2D eigenvalue weighted by molar-refractivity contribution is -0.123. The Morgan fingerprint density at radius 1 is 1.62 bits per heavy atom. The quantitative estimate of drug-likeness (QED) is 0.829. The van der Waals surface area contributed by atoms with Gasteiger partial charge in [-0.05, 0) is 33.2 Å². The summed E-state index contributed by atoms with van der Waals surface area (Å²) in [5.74, 6) is 0.0510. The van der Waals surface area contributed by atoms with Gasteiger partial charge in [0.1, 0.15) is 5.01 Å². The highest BCUT2D eigenvalue weighted by Crippen LogP contribution is 2.42. The van der Waals surface area contributed by atoms with E-state index in [9.17, 15) is 4.79 Å². The average molecular weight is 239 g/mol. The van der Waals surface area contributed by atoms with Crippen LogP contribution in [0.5, 0.6) is 0 Å². The van der Waals surface area contributed by atoms with Crippen LogP contribution < -0.4 is 10.6 Å². The molecule has 0 aliphatic heterocycles. The Labute approximate surface area is 99.5 Å². The van der Waals surface area contributed by atoms with Gasteiger partial charge in [0.2, 0.25) is 5.91 Å². The molecule has 88 valence electrons. The van der Waals surface area contributed by atoms with Crippen LogP contribution in [0.25, 0.3) is 0 Å². The van der Waals surface area contributed by atoms with Gasteiger partial charge < -0.3 is 10.6 Å². The lowest BCUT2D eigenvalue weighted by Gasteiger charge is -2.40. The van der Waals surface area contributed by atoms with Gasteiger partial charge in [-0.15, -0.1) is 11.3 Å².